The van der Waals surface area contributed by atoms with Crippen LogP contribution in [0.2, 0.25) is 0 Å². The standard InChI is InChI=1S/C16H21BrN2O2/c17-15-7-12(16(20)21)1-2-13(15)9-18-8-11-5-6-19(10-11)14-3-4-14/h1-2,7,11,14,18H,3-6,8-10H2,(H,20,21). The van der Waals surface area contributed by atoms with Gasteiger partial charge in [-0.15, -0.1) is 0 Å². The second-order valence-electron chi connectivity index (χ2n) is 6.12. The fraction of sp³-hybridized carbons (Fsp3) is 0.562. The van der Waals surface area contributed by atoms with Crippen molar-refractivity contribution in [3.63, 3.8) is 0 Å². The van der Waals surface area contributed by atoms with E-state index in [4.69, 9.17) is 5.11 Å². The maximum atomic E-state index is 10.9. The van der Waals surface area contributed by atoms with Crippen molar-refractivity contribution in [2.24, 2.45) is 5.92 Å². The average Bonchev–Trinajstić information content (AvgIpc) is 3.20. The van der Waals surface area contributed by atoms with Crippen molar-refractivity contribution in [3.05, 3.63) is 33.8 Å². The van der Waals surface area contributed by atoms with Gasteiger partial charge in [-0.25, -0.2) is 4.79 Å². The Hall–Kier alpha value is -0.910. The topological polar surface area (TPSA) is 52.6 Å². The number of rotatable bonds is 6. The molecule has 1 aliphatic carbocycles. The van der Waals surface area contributed by atoms with Gasteiger partial charge in [-0.1, -0.05) is 22.0 Å². The van der Waals surface area contributed by atoms with Gasteiger partial charge in [0, 0.05) is 23.6 Å². The van der Waals surface area contributed by atoms with Gasteiger partial charge < -0.3 is 15.3 Å². The van der Waals surface area contributed by atoms with E-state index >= 15 is 0 Å². The minimum Gasteiger partial charge on any atom is -0.478 e. The first-order valence-electron chi connectivity index (χ1n) is 7.60. The number of nitrogens with one attached hydrogen (secondary N) is 1. The highest BCUT2D eigenvalue weighted by atomic mass is 79.9. The van der Waals surface area contributed by atoms with Gasteiger partial charge in [0.05, 0.1) is 5.56 Å². The van der Waals surface area contributed by atoms with Crippen LogP contribution >= 0.6 is 15.9 Å². The summed E-state index contributed by atoms with van der Waals surface area (Å²) in [5, 5.41) is 12.5. The Labute approximate surface area is 133 Å². The molecule has 1 atom stereocenters. The Balaban J connectivity index is 1.46. The van der Waals surface area contributed by atoms with Crippen LogP contribution in [0.5, 0.6) is 0 Å². The molecule has 0 radical (unpaired) electrons. The lowest BCUT2D eigenvalue weighted by atomic mass is 10.1. The predicted octanol–water partition coefficient (Wildman–Crippen LogP) is 2.72. The maximum Gasteiger partial charge on any atom is 0.335 e. The minimum absolute atomic E-state index is 0.321. The van der Waals surface area contributed by atoms with Crippen LogP contribution in [0.3, 0.4) is 0 Å². The molecule has 1 aromatic carbocycles. The molecule has 2 N–H and O–H groups in total. The summed E-state index contributed by atoms with van der Waals surface area (Å²) in [6.07, 6.45) is 4.08. The summed E-state index contributed by atoms with van der Waals surface area (Å²) in [6.45, 7) is 4.31. The second-order valence-corrected chi connectivity index (χ2v) is 6.98. The fourth-order valence-corrected chi connectivity index (χ4v) is 3.55. The highest BCUT2D eigenvalue weighted by Crippen LogP contribution is 2.31. The highest BCUT2D eigenvalue weighted by molar-refractivity contribution is 9.10. The van der Waals surface area contributed by atoms with Crippen LogP contribution in [0, 0.1) is 5.92 Å². The van der Waals surface area contributed by atoms with E-state index in [0.29, 0.717) is 5.56 Å². The van der Waals surface area contributed by atoms with Crippen molar-refractivity contribution in [1.29, 1.82) is 0 Å². The van der Waals surface area contributed by atoms with Crippen molar-refractivity contribution < 1.29 is 9.90 Å². The van der Waals surface area contributed by atoms with Crippen LogP contribution in [0.25, 0.3) is 0 Å². The average molecular weight is 353 g/mol. The van der Waals surface area contributed by atoms with E-state index in [1.54, 1.807) is 12.1 Å². The molecule has 1 aromatic rings. The first-order chi connectivity index (χ1) is 10.1. The predicted molar refractivity (Wildman–Crippen MR) is 85.5 cm³/mol. The fourth-order valence-electron chi connectivity index (χ4n) is 3.04. The maximum absolute atomic E-state index is 10.9. The van der Waals surface area contributed by atoms with Crippen molar-refractivity contribution in [2.45, 2.75) is 31.8 Å². The zero-order chi connectivity index (χ0) is 14.8. The smallest absolute Gasteiger partial charge is 0.335 e. The lowest BCUT2D eigenvalue weighted by Crippen LogP contribution is -2.27. The number of aromatic carboxylic acids is 1. The van der Waals surface area contributed by atoms with E-state index in [2.05, 4.69) is 26.1 Å². The molecule has 2 fully saturated rings. The zero-order valence-corrected chi connectivity index (χ0v) is 13.6. The van der Waals surface area contributed by atoms with E-state index in [1.807, 2.05) is 6.07 Å². The van der Waals surface area contributed by atoms with Crippen molar-refractivity contribution in [3.8, 4) is 0 Å². The molecule has 1 saturated carbocycles. The molecule has 0 amide bonds. The third-order valence-electron chi connectivity index (χ3n) is 4.43. The molecule has 5 heteroatoms. The number of benzene rings is 1. The number of hydrogen-bond donors (Lipinski definition) is 2. The van der Waals surface area contributed by atoms with Crippen LogP contribution in [-0.2, 0) is 6.54 Å². The summed E-state index contributed by atoms with van der Waals surface area (Å²) in [4.78, 5) is 13.5. The second kappa shape index (κ2) is 6.46. The van der Waals surface area contributed by atoms with Gasteiger partial charge in [0.15, 0.2) is 0 Å². The molecule has 3 rings (SSSR count). The molecule has 114 valence electrons. The normalized spacial score (nSPS) is 22.6. The van der Waals surface area contributed by atoms with Crippen LogP contribution in [-0.4, -0.2) is 41.7 Å². The molecule has 21 heavy (non-hydrogen) atoms. The van der Waals surface area contributed by atoms with Crippen molar-refractivity contribution in [2.75, 3.05) is 19.6 Å². The quantitative estimate of drug-likeness (QED) is 0.826. The van der Waals surface area contributed by atoms with E-state index in [1.165, 1.54) is 32.4 Å². The summed E-state index contributed by atoms with van der Waals surface area (Å²) in [5.41, 5.74) is 1.43. The minimum atomic E-state index is -0.888. The Bertz CT molecular complexity index is 531. The summed E-state index contributed by atoms with van der Waals surface area (Å²) >= 11 is 3.45. The first-order valence-corrected chi connectivity index (χ1v) is 8.39. The molecule has 0 aromatic heterocycles. The molecule has 1 heterocycles. The molecule has 1 aliphatic heterocycles. The molecule has 2 aliphatic rings. The summed E-state index contributed by atoms with van der Waals surface area (Å²) < 4.78 is 0.862. The van der Waals surface area contributed by atoms with Crippen molar-refractivity contribution in [1.82, 2.24) is 10.2 Å². The Morgan fingerprint density at radius 3 is 2.86 bits per heavy atom. The number of carboxylic acids is 1. The van der Waals surface area contributed by atoms with Crippen LogP contribution < -0.4 is 5.32 Å². The van der Waals surface area contributed by atoms with Gasteiger partial charge in [0.1, 0.15) is 0 Å². The molecule has 1 saturated heterocycles. The van der Waals surface area contributed by atoms with Crippen LogP contribution in [0.1, 0.15) is 35.2 Å². The van der Waals surface area contributed by atoms with Gasteiger partial charge >= 0.3 is 5.97 Å². The van der Waals surface area contributed by atoms with Crippen LogP contribution in [0.4, 0.5) is 0 Å². The number of halogens is 1. The van der Waals surface area contributed by atoms with E-state index in [0.717, 1.165) is 35.1 Å². The molecule has 1 unspecified atom stereocenters. The van der Waals surface area contributed by atoms with Gasteiger partial charge in [-0.05, 0) is 56.0 Å². The van der Waals surface area contributed by atoms with Gasteiger partial charge in [0.2, 0.25) is 0 Å². The van der Waals surface area contributed by atoms with E-state index in [-0.39, 0.29) is 0 Å². The first kappa shape index (κ1) is 15.0. The number of carbonyl (C=O) groups is 1. The van der Waals surface area contributed by atoms with E-state index < -0.39 is 5.97 Å². The molecule has 0 bridgehead atoms. The monoisotopic (exact) mass is 352 g/mol. The SMILES string of the molecule is O=C(O)c1ccc(CNCC2CCN(C3CC3)C2)c(Br)c1. The number of hydrogen-bond acceptors (Lipinski definition) is 3. The Kier molecular flexibility index (Phi) is 4.62. The van der Waals surface area contributed by atoms with Crippen molar-refractivity contribution >= 4 is 21.9 Å². The van der Waals surface area contributed by atoms with E-state index in [9.17, 15) is 4.79 Å². The number of likely N-dealkylation sites (tertiary alicyclic amines) is 1. The Morgan fingerprint density at radius 2 is 2.19 bits per heavy atom. The molecular formula is C16H21BrN2O2. The lowest BCUT2D eigenvalue weighted by Gasteiger charge is -2.15. The third-order valence-corrected chi connectivity index (χ3v) is 5.17. The third kappa shape index (κ3) is 3.84. The molecule has 0 spiro atoms. The summed E-state index contributed by atoms with van der Waals surface area (Å²) in [7, 11) is 0. The van der Waals surface area contributed by atoms with Crippen LogP contribution in [0.15, 0.2) is 22.7 Å². The molecule has 4 nitrogen and oxygen atoms in total. The summed E-state index contributed by atoms with van der Waals surface area (Å²) in [6, 6.07) is 6.09. The largest absolute Gasteiger partial charge is 0.478 e. The zero-order valence-electron chi connectivity index (χ0n) is 12.0. The highest BCUT2D eigenvalue weighted by Gasteiger charge is 2.33. The van der Waals surface area contributed by atoms with Gasteiger partial charge in [-0.3, -0.25) is 0 Å². The lowest BCUT2D eigenvalue weighted by molar-refractivity contribution is 0.0697. The number of carboxylic acid groups (broad SMARTS) is 1. The van der Waals surface area contributed by atoms with Gasteiger partial charge in [0.25, 0.3) is 0 Å². The Morgan fingerprint density at radius 1 is 1.38 bits per heavy atom. The number of nitrogens with zero attached hydrogens (tertiary/aromatic N) is 1. The van der Waals surface area contributed by atoms with Gasteiger partial charge in [-0.2, -0.15) is 0 Å². The summed E-state index contributed by atoms with van der Waals surface area (Å²) in [5.74, 6) is -0.135. The molecular weight excluding hydrogens is 332 g/mol.